The summed E-state index contributed by atoms with van der Waals surface area (Å²) in [5, 5.41) is 0.842. The molecule has 2 aliphatic rings. The van der Waals surface area contributed by atoms with Crippen LogP contribution in [0.1, 0.15) is 6.42 Å². The Balaban J connectivity index is 1.93. The van der Waals surface area contributed by atoms with Gasteiger partial charge in [0.15, 0.2) is 0 Å². The second-order valence-electron chi connectivity index (χ2n) is 3.81. The van der Waals surface area contributed by atoms with E-state index in [9.17, 15) is 0 Å². The molecule has 4 heteroatoms. The summed E-state index contributed by atoms with van der Waals surface area (Å²) in [7, 11) is 0. The van der Waals surface area contributed by atoms with Crippen LogP contribution in [0.4, 0.5) is 5.82 Å². The van der Waals surface area contributed by atoms with E-state index in [0.29, 0.717) is 0 Å². The molecule has 0 spiro atoms. The molecule has 0 saturated carbocycles. The van der Waals surface area contributed by atoms with Gasteiger partial charge < -0.3 is 4.90 Å². The number of rotatable bonds is 1. The quantitative estimate of drug-likeness (QED) is 0.781. The molecule has 0 aliphatic carbocycles. The fraction of sp³-hybridized carbons (Fsp3) is 0.500. The molecule has 2 fully saturated rings. The number of hydrogen-bond donors (Lipinski definition) is 0. The van der Waals surface area contributed by atoms with E-state index in [1.165, 1.54) is 18.7 Å². The third kappa shape index (κ3) is 1.36. The highest BCUT2D eigenvalue weighted by molar-refractivity contribution is 9.10. The molecule has 0 aromatic carbocycles. The Kier molecular flexibility index (Phi) is 2.21. The molecule has 2 saturated heterocycles. The van der Waals surface area contributed by atoms with Crippen LogP contribution in [0.2, 0.25) is 0 Å². The molecule has 2 nitrogen and oxygen atoms in total. The maximum atomic E-state index is 4.45. The summed E-state index contributed by atoms with van der Waals surface area (Å²) < 4.78 is 1.12. The first-order chi connectivity index (χ1) is 6.84. The number of hydrogen-bond acceptors (Lipinski definition) is 3. The number of thioether (sulfide) groups is 1. The van der Waals surface area contributed by atoms with Crippen molar-refractivity contribution in [3.63, 3.8) is 0 Å². The fourth-order valence-corrected chi connectivity index (χ4v) is 4.17. The van der Waals surface area contributed by atoms with E-state index in [4.69, 9.17) is 0 Å². The summed E-state index contributed by atoms with van der Waals surface area (Å²) in [6.45, 7) is 1.17. The van der Waals surface area contributed by atoms with Gasteiger partial charge in [-0.2, -0.15) is 11.8 Å². The normalized spacial score (nSPS) is 29.9. The van der Waals surface area contributed by atoms with E-state index < -0.39 is 0 Å². The molecule has 2 bridgehead atoms. The van der Waals surface area contributed by atoms with Gasteiger partial charge in [0, 0.05) is 29.8 Å². The van der Waals surface area contributed by atoms with E-state index in [1.807, 2.05) is 12.3 Å². The highest BCUT2D eigenvalue weighted by Gasteiger charge is 2.39. The van der Waals surface area contributed by atoms with Gasteiger partial charge in [0.1, 0.15) is 5.82 Å². The zero-order valence-electron chi connectivity index (χ0n) is 7.69. The Hall–Kier alpha value is -0.220. The summed E-state index contributed by atoms with van der Waals surface area (Å²) in [6, 6.07) is 4.76. The Morgan fingerprint density at radius 1 is 1.57 bits per heavy atom. The first-order valence-electron chi connectivity index (χ1n) is 4.83. The average molecular weight is 271 g/mol. The van der Waals surface area contributed by atoms with Crippen molar-refractivity contribution < 1.29 is 0 Å². The molecule has 3 heterocycles. The van der Waals surface area contributed by atoms with Gasteiger partial charge in [0.25, 0.3) is 0 Å². The molecule has 2 unspecified atom stereocenters. The molecule has 3 rings (SSSR count). The molecule has 2 atom stereocenters. The van der Waals surface area contributed by atoms with E-state index in [-0.39, 0.29) is 0 Å². The van der Waals surface area contributed by atoms with E-state index >= 15 is 0 Å². The van der Waals surface area contributed by atoms with Gasteiger partial charge in [-0.3, -0.25) is 0 Å². The first-order valence-corrected chi connectivity index (χ1v) is 6.67. The maximum Gasteiger partial charge on any atom is 0.143 e. The van der Waals surface area contributed by atoms with Crippen LogP contribution in [0.3, 0.4) is 0 Å². The largest absolute Gasteiger partial charge is 0.351 e. The first kappa shape index (κ1) is 9.04. The van der Waals surface area contributed by atoms with Crippen LogP contribution in [0.15, 0.2) is 22.8 Å². The zero-order valence-corrected chi connectivity index (χ0v) is 10.1. The standard InChI is InChI=1S/C10H11BrN2S/c11-9-2-1-3-12-10(9)13-5-8-4-7(13)6-14-8/h1-3,7-8H,4-6H2. The summed E-state index contributed by atoms with van der Waals surface area (Å²) >= 11 is 5.68. The van der Waals surface area contributed by atoms with Crippen LogP contribution in [0.25, 0.3) is 0 Å². The minimum Gasteiger partial charge on any atom is -0.351 e. The van der Waals surface area contributed by atoms with Crippen molar-refractivity contribution >= 4 is 33.5 Å². The van der Waals surface area contributed by atoms with E-state index in [0.717, 1.165) is 21.6 Å². The van der Waals surface area contributed by atoms with Gasteiger partial charge >= 0.3 is 0 Å². The van der Waals surface area contributed by atoms with Crippen molar-refractivity contribution in [3.8, 4) is 0 Å². The smallest absolute Gasteiger partial charge is 0.143 e. The van der Waals surface area contributed by atoms with Gasteiger partial charge in [-0.15, -0.1) is 0 Å². The molecule has 74 valence electrons. The highest BCUT2D eigenvalue weighted by Crippen LogP contribution is 2.41. The van der Waals surface area contributed by atoms with Crippen molar-refractivity contribution in [3.05, 3.63) is 22.8 Å². The predicted molar refractivity (Wildman–Crippen MR) is 63.9 cm³/mol. The lowest BCUT2D eigenvalue weighted by Crippen LogP contribution is -2.34. The number of aromatic nitrogens is 1. The summed E-state index contributed by atoms with van der Waals surface area (Å²) in [6.07, 6.45) is 3.22. The zero-order chi connectivity index (χ0) is 9.54. The Morgan fingerprint density at radius 2 is 2.50 bits per heavy atom. The van der Waals surface area contributed by atoms with Crippen LogP contribution in [-0.4, -0.2) is 28.6 Å². The molecular formula is C10H11BrN2S. The SMILES string of the molecule is Brc1cccnc1N1CC2CC1CS2. The predicted octanol–water partition coefficient (Wildman–Crippen LogP) is 2.54. The van der Waals surface area contributed by atoms with Gasteiger partial charge in [-0.25, -0.2) is 4.98 Å². The second kappa shape index (κ2) is 3.42. The number of fused-ring (bicyclic) bond motifs is 2. The Labute approximate surface area is 96.2 Å². The lowest BCUT2D eigenvalue weighted by molar-refractivity contribution is 0.750. The summed E-state index contributed by atoms with van der Waals surface area (Å²) in [5.41, 5.74) is 0. The van der Waals surface area contributed by atoms with Crippen molar-refractivity contribution in [2.75, 3.05) is 17.2 Å². The molecule has 14 heavy (non-hydrogen) atoms. The topological polar surface area (TPSA) is 16.1 Å². The van der Waals surface area contributed by atoms with Crippen LogP contribution >= 0.6 is 27.7 Å². The second-order valence-corrected chi connectivity index (χ2v) is 5.99. The van der Waals surface area contributed by atoms with Gasteiger partial charge in [0.05, 0.1) is 4.47 Å². The van der Waals surface area contributed by atoms with Gasteiger partial charge in [0.2, 0.25) is 0 Å². The number of nitrogens with zero attached hydrogens (tertiary/aromatic N) is 2. The van der Waals surface area contributed by atoms with Crippen LogP contribution in [-0.2, 0) is 0 Å². The molecule has 2 aliphatic heterocycles. The third-order valence-corrected chi connectivity index (χ3v) is 4.92. The lowest BCUT2D eigenvalue weighted by Gasteiger charge is -2.28. The third-order valence-electron chi connectivity index (χ3n) is 2.91. The molecular weight excluding hydrogens is 260 g/mol. The van der Waals surface area contributed by atoms with Gasteiger partial charge in [-0.1, -0.05) is 0 Å². The molecule has 0 amide bonds. The molecule has 0 radical (unpaired) electrons. The Morgan fingerprint density at radius 3 is 3.14 bits per heavy atom. The van der Waals surface area contributed by atoms with Crippen molar-refractivity contribution in [1.29, 1.82) is 0 Å². The number of halogens is 1. The summed E-state index contributed by atoms with van der Waals surface area (Å²) in [5.74, 6) is 2.40. The van der Waals surface area contributed by atoms with Crippen molar-refractivity contribution in [1.82, 2.24) is 4.98 Å². The van der Waals surface area contributed by atoms with Crippen LogP contribution < -0.4 is 4.90 Å². The molecule has 1 aromatic heterocycles. The van der Waals surface area contributed by atoms with Crippen LogP contribution in [0, 0.1) is 0 Å². The highest BCUT2D eigenvalue weighted by atomic mass is 79.9. The van der Waals surface area contributed by atoms with Gasteiger partial charge in [-0.05, 0) is 34.5 Å². The van der Waals surface area contributed by atoms with E-state index in [2.05, 4.69) is 43.6 Å². The average Bonchev–Trinajstić information content (AvgIpc) is 2.79. The molecule has 0 N–H and O–H groups in total. The molecule has 1 aromatic rings. The van der Waals surface area contributed by atoms with E-state index in [1.54, 1.807) is 0 Å². The lowest BCUT2D eigenvalue weighted by atomic mass is 10.2. The number of pyridine rings is 1. The minimum absolute atomic E-state index is 0.719. The Bertz CT molecular complexity index is 358. The maximum absolute atomic E-state index is 4.45. The van der Waals surface area contributed by atoms with Crippen LogP contribution in [0.5, 0.6) is 0 Å². The monoisotopic (exact) mass is 270 g/mol. The van der Waals surface area contributed by atoms with Crippen molar-refractivity contribution in [2.45, 2.75) is 17.7 Å². The fourth-order valence-electron chi connectivity index (χ4n) is 2.25. The van der Waals surface area contributed by atoms with Crippen molar-refractivity contribution in [2.24, 2.45) is 0 Å². The number of anilines is 1. The summed E-state index contributed by atoms with van der Waals surface area (Å²) in [4.78, 5) is 6.90. The minimum atomic E-state index is 0.719.